The van der Waals surface area contributed by atoms with Crippen molar-refractivity contribution in [1.29, 1.82) is 0 Å². The second kappa shape index (κ2) is 9.94. The molecule has 1 aromatic heterocycles. The van der Waals surface area contributed by atoms with Crippen molar-refractivity contribution >= 4 is 39.9 Å². The Labute approximate surface area is 212 Å². The van der Waals surface area contributed by atoms with Gasteiger partial charge in [0.2, 0.25) is 0 Å². The molecule has 0 bridgehead atoms. The summed E-state index contributed by atoms with van der Waals surface area (Å²) in [5.41, 5.74) is 3.19. The van der Waals surface area contributed by atoms with Crippen molar-refractivity contribution in [2.45, 2.75) is 33.2 Å². The molecule has 0 radical (unpaired) electrons. The molecule has 0 aliphatic carbocycles. The lowest BCUT2D eigenvalue weighted by Crippen LogP contribution is -2.29. The van der Waals surface area contributed by atoms with Crippen LogP contribution in [-0.4, -0.2) is 42.0 Å². The molecule has 2 aromatic carbocycles. The maximum atomic E-state index is 13.4. The third-order valence-electron chi connectivity index (χ3n) is 6.18. The number of anilines is 1. The molecule has 1 saturated heterocycles. The standard InChI is InChI=1S/C27H26N2O6S/c1-6-16-7-9-17(10-8-16)21-20(22(30)18-11-12-19(34-4)14(2)13-18)23(31)25(32)29(21)27-28-15(3)24(36-27)26(33)35-5/h7-13,21,30H,6H2,1-5H3/b22-20+. The molecule has 0 saturated carbocycles. The molecule has 1 unspecified atom stereocenters. The molecule has 186 valence electrons. The average molecular weight is 507 g/mol. The van der Waals surface area contributed by atoms with Crippen LogP contribution in [-0.2, 0) is 20.7 Å². The first-order valence-electron chi connectivity index (χ1n) is 11.3. The number of aromatic nitrogens is 1. The number of methoxy groups -OCH3 is 2. The van der Waals surface area contributed by atoms with Crippen molar-refractivity contribution in [2.24, 2.45) is 0 Å². The SMILES string of the molecule is CCc1ccc(C2/C(=C(\O)c3ccc(OC)c(C)c3)C(=O)C(=O)N2c2nc(C)c(C(=O)OC)s2)cc1. The molecule has 9 heteroatoms. The number of benzene rings is 2. The largest absolute Gasteiger partial charge is 0.507 e. The maximum absolute atomic E-state index is 13.4. The van der Waals surface area contributed by atoms with Crippen molar-refractivity contribution in [3.05, 3.63) is 80.9 Å². The minimum Gasteiger partial charge on any atom is -0.507 e. The predicted molar refractivity (Wildman–Crippen MR) is 137 cm³/mol. The van der Waals surface area contributed by atoms with Gasteiger partial charge in [0.1, 0.15) is 16.4 Å². The van der Waals surface area contributed by atoms with Crippen molar-refractivity contribution in [3.63, 3.8) is 0 Å². The van der Waals surface area contributed by atoms with Crippen LogP contribution >= 0.6 is 11.3 Å². The van der Waals surface area contributed by atoms with E-state index < -0.39 is 23.7 Å². The number of thiazole rings is 1. The molecule has 36 heavy (non-hydrogen) atoms. The van der Waals surface area contributed by atoms with Crippen LogP contribution in [0.15, 0.2) is 48.0 Å². The quantitative estimate of drug-likeness (QED) is 0.223. The van der Waals surface area contributed by atoms with Crippen LogP contribution in [0.4, 0.5) is 5.13 Å². The van der Waals surface area contributed by atoms with E-state index in [4.69, 9.17) is 9.47 Å². The van der Waals surface area contributed by atoms with E-state index in [0.29, 0.717) is 22.6 Å². The summed E-state index contributed by atoms with van der Waals surface area (Å²) in [5.74, 6) is -1.92. The van der Waals surface area contributed by atoms with Crippen LogP contribution < -0.4 is 9.64 Å². The van der Waals surface area contributed by atoms with Crippen LogP contribution in [0.2, 0.25) is 0 Å². The average Bonchev–Trinajstić information content (AvgIpc) is 3.39. The number of hydrogen-bond donors (Lipinski definition) is 1. The van der Waals surface area contributed by atoms with Crippen LogP contribution in [0, 0.1) is 13.8 Å². The first-order valence-corrected chi connectivity index (χ1v) is 12.1. The highest BCUT2D eigenvalue weighted by atomic mass is 32.1. The third-order valence-corrected chi connectivity index (χ3v) is 7.32. The Morgan fingerprint density at radius 1 is 1.11 bits per heavy atom. The van der Waals surface area contributed by atoms with E-state index in [-0.39, 0.29) is 21.3 Å². The number of rotatable bonds is 6. The van der Waals surface area contributed by atoms with Gasteiger partial charge in [0, 0.05) is 5.56 Å². The normalized spacial score (nSPS) is 16.9. The Morgan fingerprint density at radius 2 is 1.81 bits per heavy atom. The number of carbonyl (C=O) groups excluding carboxylic acids is 3. The molecule has 0 spiro atoms. The topological polar surface area (TPSA) is 106 Å². The number of carbonyl (C=O) groups is 3. The van der Waals surface area contributed by atoms with Gasteiger partial charge < -0.3 is 14.6 Å². The first-order chi connectivity index (χ1) is 17.2. The highest BCUT2D eigenvalue weighted by Gasteiger charge is 2.48. The van der Waals surface area contributed by atoms with E-state index in [1.54, 1.807) is 32.2 Å². The number of aliphatic hydroxyl groups is 1. The number of ether oxygens (including phenoxy) is 2. The summed E-state index contributed by atoms with van der Waals surface area (Å²) in [4.78, 5) is 44.8. The minimum atomic E-state index is -0.936. The molecule has 4 rings (SSSR count). The van der Waals surface area contributed by atoms with Gasteiger partial charge in [-0.2, -0.15) is 0 Å². The third kappa shape index (κ3) is 4.26. The number of hydrogen-bond acceptors (Lipinski definition) is 8. The van der Waals surface area contributed by atoms with Gasteiger partial charge in [-0.05, 0) is 55.2 Å². The minimum absolute atomic E-state index is 0.0544. The number of Topliss-reactive ketones (excluding diaryl/α,β-unsaturated/α-hetero) is 1. The Bertz CT molecular complexity index is 1390. The molecule has 1 atom stereocenters. The summed E-state index contributed by atoms with van der Waals surface area (Å²) in [7, 11) is 2.81. The summed E-state index contributed by atoms with van der Waals surface area (Å²) < 4.78 is 10.1. The lowest BCUT2D eigenvalue weighted by molar-refractivity contribution is -0.132. The Hall–Kier alpha value is -3.98. The van der Waals surface area contributed by atoms with Gasteiger partial charge in [-0.1, -0.05) is 42.5 Å². The van der Waals surface area contributed by atoms with Gasteiger partial charge in [-0.25, -0.2) is 9.78 Å². The highest BCUT2D eigenvalue weighted by Crippen LogP contribution is 2.44. The van der Waals surface area contributed by atoms with Gasteiger partial charge in [-0.15, -0.1) is 0 Å². The van der Waals surface area contributed by atoms with Crippen LogP contribution in [0.5, 0.6) is 5.75 Å². The van der Waals surface area contributed by atoms with E-state index in [1.807, 2.05) is 38.1 Å². The van der Waals surface area contributed by atoms with Crippen molar-refractivity contribution in [1.82, 2.24) is 4.98 Å². The van der Waals surface area contributed by atoms with Gasteiger partial charge in [0.25, 0.3) is 5.78 Å². The lowest BCUT2D eigenvalue weighted by Gasteiger charge is -2.23. The Morgan fingerprint density at radius 3 is 2.39 bits per heavy atom. The summed E-state index contributed by atoms with van der Waals surface area (Å²) in [6.07, 6.45) is 0.819. The molecule has 1 amide bonds. The molecule has 1 fully saturated rings. The van der Waals surface area contributed by atoms with Gasteiger partial charge in [0.05, 0.1) is 31.5 Å². The summed E-state index contributed by atoms with van der Waals surface area (Å²) in [5, 5.41) is 11.5. The second-order valence-electron chi connectivity index (χ2n) is 8.35. The zero-order valence-electron chi connectivity index (χ0n) is 20.6. The van der Waals surface area contributed by atoms with Crippen molar-refractivity contribution < 1.29 is 29.0 Å². The highest BCUT2D eigenvalue weighted by molar-refractivity contribution is 7.17. The number of amides is 1. The van der Waals surface area contributed by atoms with Crippen LogP contribution in [0.3, 0.4) is 0 Å². The number of aliphatic hydroxyl groups excluding tert-OH is 1. The fraction of sp³-hybridized carbons (Fsp3) is 0.259. The van der Waals surface area contributed by atoms with E-state index in [9.17, 15) is 19.5 Å². The second-order valence-corrected chi connectivity index (χ2v) is 9.33. The van der Waals surface area contributed by atoms with Gasteiger partial charge in [-0.3, -0.25) is 14.5 Å². The fourth-order valence-electron chi connectivity index (χ4n) is 4.23. The number of aryl methyl sites for hydroxylation is 3. The van der Waals surface area contributed by atoms with Crippen LogP contribution in [0.25, 0.3) is 5.76 Å². The molecule has 2 heterocycles. The molecule has 1 N–H and O–H groups in total. The van der Waals surface area contributed by atoms with E-state index in [0.717, 1.165) is 28.9 Å². The molecule has 3 aromatic rings. The van der Waals surface area contributed by atoms with Crippen LogP contribution in [0.1, 0.15) is 50.6 Å². The maximum Gasteiger partial charge on any atom is 0.350 e. The van der Waals surface area contributed by atoms with E-state index in [1.165, 1.54) is 12.0 Å². The van der Waals surface area contributed by atoms with E-state index in [2.05, 4.69) is 4.98 Å². The molecular formula is C27H26N2O6S. The Balaban J connectivity index is 1.93. The first kappa shape index (κ1) is 25.1. The molecule has 1 aliphatic heterocycles. The fourth-order valence-corrected chi connectivity index (χ4v) is 5.24. The lowest BCUT2D eigenvalue weighted by atomic mass is 9.94. The predicted octanol–water partition coefficient (Wildman–Crippen LogP) is 4.74. The molecule has 1 aliphatic rings. The van der Waals surface area contributed by atoms with Gasteiger partial charge in [0.15, 0.2) is 5.13 Å². The van der Waals surface area contributed by atoms with Crippen molar-refractivity contribution in [3.8, 4) is 5.75 Å². The number of esters is 1. The molecular weight excluding hydrogens is 480 g/mol. The number of ketones is 1. The monoisotopic (exact) mass is 506 g/mol. The number of nitrogens with zero attached hydrogens (tertiary/aromatic N) is 2. The molecule has 8 nitrogen and oxygen atoms in total. The zero-order valence-corrected chi connectivity index (χ0v) is 21.4. The van der Waals surface area contributed by atoms with Gasteiger partial charge >= 0.3 is 11.9 Å². The summed E-state index contributed by atoms with van der Waals surface area (Å²) in [6, 6.07) is 11.6. The smallest absolute Gasteiger partial charge is 0.350 e. The van der Waals surface area contributed by atoms with Crippen molar-refractivity contribution in [2.75, 3.05) is 19.1 Å². The van der Waals surface area contributed by atoms with E-state index >= 15 is 0 Å². The zero-order chi connectivity index (χ0) is 26.1. The summed E-state index contributed by atoms with van der Waals surface area (Å²) >= 11 is 0.965. The summed E-state index contributed by atoms with van der Waals surface area (Å²) in [6.45, 7) is 5.48. The Kier molecular flexibility index (Phi) is 6.94.